The number of rotatable bonds is 5. The number of benzene rings is 1. The normalized spacial score (nSPS) is 10.8. The summed E-state index contributed by atoms with van der Waals surface area (Å²) in [4.78, 5) is 32.1. The number of anilines is 1. The molecule has 4 aromatic rings. The molecule has 8 heteroatoms. The Bertz CT molecular complexity index is 1170. The van der Waals surface area contributed by atoms with Crippen molar-refractivity contribution in [2.24, 2.45) is 0 Å². The molecule has 0 saturated carbocycles. The van der Waals surface area contributed by atoms with Gasteiger partial charge in [0.05, 0.1) is 17.6 Å². The summed E-state index contributed by atoms with van der Waals surface area (Å²) in [5, 5.41) is 9.82. The smallest absolute Gasteiger partial charge is 0.261 e. The molecule has 0 bridgehead atoms. The summed E-state index contributed by atoms with van der Waals surface area (Å²) in [6, 6.07) is 13.7. The minimum Gasteiger partial charge on any atom is -0.463 e. The Hall–Kier alpha value is -3.94. The first kappa shape index (κ1) is 17.5. The molecule has 0 aliphatic heterocycles. The predicted octanol–water partition coefficient (Wildman–Crippen LogP) is 3.23. The second-order valence-electron chi connectivity index (χ2n) is 6.05. The molecule has 0 saturated heterocycles. The number of para-hydroxylation sites is 1. The highest BCUT2D eigenvalue weighted by molar-refractivity contribution is 6.05. The Morgan fingerprint density at radius 2 is 2.00 bits per heavy atom. The summed E-state index contributed by atoms with van der Waals surface area (Å²) in [7, 11) is 0. The number of H-pyrrole nitrogens is 2. The van der Waals surface area contributed by atoms with Crippen LogP contribution in [0.25, 0.3) is 22.8 Å². The zero-order valence-corrected chi connectivity index (χ0v) is 15.0. The highest BCUT2D eigenvalue weighted by Gasteiger charge is 2.16. The maximum Gasteiger partial charge on any atom is 0.261 e. The minimum atomic E-state index is -0.522. The lowest BCUT2D eigenvalue weighted by Crippen LogP contribution is -2.23. The number of furan rings is 1. The van der Waals surface area contributed by atoms with E-state index in [-0.39, 0.29) is 5.56 Å². The zero-order valence-electron chi connectivity index (χ0n) is 15.0. The van der Waals surface area contributed by atoms with Gasteiger partial charge in [-0.3, -0.25) is 14.7 Å². The Morgan fingerprint density at radius 3 is 2.71 bits per heavy atom. The van der Waals surface area contributed by atoms with Crippen LogP contribution in [-0.2, 0) is 6.42 Å². The second kappa shape index (κ2) is 7.36. The van der Waals surface area contributed by atoms with Crippen LogP contribution in [0, 0.1) is 0 Å². The number of hydrogen-bond acceptors (Lipinski definition) is 5. The molecule has 0 atom stereocenters. The molecule has 1 amide bonds. The van der Waals surface area contributed by atoms with E-state index in [9.17, 15) is 9.59 Å². The number of carbonyl (C=O) groups is 1. The molecule has 1 aromatic carbocycles. The molecular formula is C20H17N5O3. The van der Waals surface area contributed by atoms with Gasteiger partial charge in [0.15, 0.2) is 5.82 Å². The van der Waals surface area contributed by atoms with Crippen LogP contribution in [0.2, 0.25) is 0 Å². The van der Waals surface area contributed by atoms with Crippen molar-refractivity contribution in [3.8, 4) is 22.8 Å². The van der Waals surface area contributed by atoms with Crippen molar-refractivity contribution < 1.29 is 9.21 Å². The van der Waals surface area contributed by atoms with E-state index in [1.54, 1.807) is 30.3 Å². The second-order valence-corrected chi connectivity index (χ2v) is 6.05. The van der Waals surface area contributed by atoms with Crippen LogP contribution in [0.1, 0.15) is 23.1 Å². The number of aryl methyl sites for hydroxylation is 1. The highest BCUT2D eigenvalue weighted by atomic mass is 16.3. The van der Waals surface area contributed by atoms with Crippen molar-refractivity contribution in [1.29, 1.82) is 0 Å². The van der Waals surface area contributed by atoms with Crippen molar-refractivity contribution >= 4 is 11.6 Å². The molecule has 8 nitrogen and oxygen atoms in total. The molecule has 0 unspecified atom stereocenters. The van der Waals surface area contributed by atoms with Gasteiger partial charge in [-0.15, -0.1) is 0 Å². The van der Waals surface area contributed by atoms with E-state index < -0.39 is 11.5 Å². The lowest BCUT2D eigenvalue weighted by molar-refractivity contribution is 0.102. The number of amides is 1. The molecule has 0 aliphatic carbocycles. The van der Waals surface area contributed by atoms with Gasteiger partial charge in [-0.1, -0.05) is 19.1 Å². The van der Waals surface area contributed by atoms with Gasteiger partial charge in [-0.05, 0) is 36.4 Å². The SMILES string of the molecule is CCc1nc(-c2ccccc2NC(=O)c2ccc(-c3ccco3)[nH]c2=O)n[nH]1. The van der Waals surface area contributed by atoms with Crippen molar-refractivity contribution in [1.82, 2.24) is 20.2 Å². The van der Waals surface area contributed by atoms with Crippen molar-refractivity contribution in [2.75, 3.05) is 5.32 Å². The molecule has 28 heavy (non-hydrogen) atoms. The van der Waals surface area contributed by atoms with Crippen molar-refractivity contribution in [3.63, 3.8) is 0 Å². The summed E-state index contributed by atoms with van der Waals surface area (Å²) >= 11 is 0. The van der Waals surface area contributed by atoms with Gasteiger partial charge in [-0.2, -0.15) is 5.10 Å². The van der Waals surface area contributed by atoms with Crippen LogP contribution in [0.4, 0.5) is 5.69 Å². The maximum absolute atomic E-state index is 12.7. The predicted molar refractivity (Wildman–Crippen MR) is 104 cm³/mol. The van der Waals surface area contributed by atoms with Crippen LogP contribution in [0.5, 0.6) is 0 Å². The number of pyridine rings is 1. The zero-order chi connectivity index (χ0) is 19.5. The lowest BCUT2D eigenvalue weighted by atomic mass is 10.1. The standard InChI is InChI=1S/C20H17N5O3/c1-2-17-23-18(25-24-17)12-6-3-4-7-14(12)21-19(26)13-9-10-15(22-20(13)27)16-8-5-11-28-16/h3-11H,2H2,1H3,(H,21,26)(H,22,27)(H,23,24,25). The minimum absolute atomic E-state index is 0.00524. The molecule has 4 rings (SSSR count). The fraction of sp³-hybridized carbons (Fsp3) is 0.100. The molecule has 0 aliphatic rings. The van der Waals surface area contributed by atoms with E-state index in [1.807, 2.05) is 19.1 Å². The maximum atomic E-state index is 12.7. The average Bonchev–Trinajstić information content (AvgIpc) is 3.40. The summed E-state index contributed by atoms with van der Waals surface area (Å²) in [5.74, 6) is 1.23. The molecule has 3 heterocycles. The summed E-state index contributed by atoms with van der Waals surface area (Å²) in [5.41, 5.74) is 1.17. The van der Waals surface area contributed by atoms with Gasteiger partial charge < -0.3 is 14.7 Å². The summed E-state index contributed by atoms with van der Waals surface area (Å²) in [6.45, 7) is 1.97. The quantitative estimate of drug-likeness (QED) is 0.495. The number of nitrogens with zero attached hydrogens (tertiary/aromatic N) is 2. The lowest BCUT2D eigenvalue weighted by Gasteiger charge is -2.09. The van der Waals surface area contributed by atoms with E-state index in [2.05, 4.69) is 25.5 Å². The Kier molecular flexibility index (Phi) is 4.59. The Morgan fingerprint density at radius 1 is 1.14 bits per heavy atom. The first-order valence-electron chi connectivity index (χ1n) is 8.75. The molecule has 140 valence electrons. The van der Waals surface area contributed by atoms with Crippen LogP contribution >= 0.6 is 0 Å². The Balaban J connectivity index is 1.62. The van der Waals surface area contributed by atoms with Gasteiger partial charge in [0.25, 0.3) is 11.5 Å². The van der Waals surface area contributed by atoms with Crippen molar-refractivity contribution in [2.45, 2.75) is 13.3 Å². The molecule has 0 fully saturated rings. The number of nitrogens with one attached hydrogen (secondary N) is 3. The number of aromatic nitrogens is 4. The molecular weight excluding hydrogens is 358 g/mol. The molecule has 3 N–H and O–H groups in total. The third-order valence-corrected chi connectivity index (χ3v) is 4.22. The summed E-state index contributed by atoms with van der Waals surface area (Å²) in [6.07, 6.45) is 2.23. The van der Waals surface area contributed by atoms with Gasteiger partial charge in [0, 0.05) is 12.0 Å². The van der Waals surface area contributed by atoms with Gasteiger partial charge in [0.1, 0.15) is 17.1 Å². The van der Waals surface area contributed by atoms with Crippen molar-refractivity contribution in [3.05, 3.63) is 76.5 Å². The van der Waals surface area contributed by atoms with Gasteiger partial charge in [-0.25, -0.2) is 4.98 Å². The first-order valence-corrected chi connectivity index (χ1v) is 8.75. The fourth-order valence-corrected chi connectivity index (χ4v) is 2.78. The van der Waals surface area contributed by atoms with Gasteiger partial charge >= 0.3 is 0 Å². The Labute approximate surface area is 159 Å². The third-order valence-electron chi connectivity index (χ3n) is 4.22. The van der Waals surface area contributed by atoms with Crippen LogP contribution < -0.4 is 10.9 Å². The summed E-state index contributed by atoms with van der Waals surface area (Å²) < 4.78 is 5.26. The molecule has 0 radical (unpaired) electrons. The average molecular weight is 375 g/mol. The topological polar surface area (TPSA) is 117 Å². The molecule has 0 spiro atoms. The van der Waals surface area contributed by atoms with E-state index in [0.29, 0.717) is 28.5 Å². The number of carbonyl (C=O) groups excluding carboxylic acids is 1. The van der Waals surface area contributed by atoms with E-state index in [1.165, 1.54) is 12.3 Å². The van der Waals surface area contributed by atoms with Crippen LogP contribution in [0.3, 0.4) is 0 Å². The van der Waals surface area contributed by atoms with Crippen LogP contribution in [-0.4, -0.2) is 26.1 Å². The van der Waals surface area contributed by atoms with E-state index >= 15 is 0 Å². The van der Waals surface area contributed by atoms with Crippen LogP contribution in [0.15, 0.2) is 64.0 Å². The molecule has 3 aromatic heterocycles. The number of hydrogen-bond donors (Lipinski definition) is 3. The monoisotopic (exact) mass is 375 g/mol. The van der Waals surface area contributed by atoms with E-state index in [0.717, 1.165) is 12.2 Å². The number of aromatic amines is 2. The fourth-order valence-electron chi connectivity index (χ4n) is 2.78. The van der Waals surface area contributed by atoms with E-state index in [4.69, 9.17) is 4.42 Å². The third kappa shape index (κ3) is 3.35. The first-order chi connectivity index (χ1) is 13.7. The highest BCUT2D eigenvalue weighted by Crippen LogP contribution is 2.25. The largest absolute Gasteiger partial charge is 0.463 e. The van der Waals surface area contributed by atoms with Gasteiger partial charge in [0.2, 0.25) is 0 Å².